The molecule has 0 radical (unpaired) electrons. The molecule has 0 unspecified atom stereocenters. The molecular weight excluding hydrogens is 310 g/mol. The molecule has 1 atom stereocenters. The summed E-state index contributed by atoms with van der Waals surface area (Å²) in [5.74, 6) is -1.19. The highest BCUT2D eigenvalue weighted by Crippen LogP contribution is 2.31. The number of aliphatic carboxylic acids is 1. The predicted octanol–water partition coefficient (Wildman–Crippen LogP) is 1.94. The van der Waals surface area contributed by atoms with Gasteiger partial charge in [0.2, 0.25) is 5.91 Å². The number of carbonyl (C=O) groups excluding carboxylic acids is 1. The van der Waals surface area contributed by atoms with Gasteiger partial charge in [0.1, 0.15) is 22.2 Å². The molecule has 0 saturated heterocycles. The van der Waals surface area contributed by atoms with Crippen LogP contribution in [0.25, 0.3) is 10.2 Å². The number of rotatable bonds is 6. The van der Waals surface area contributed by atoms with E-state index in [2.05, 4.69) is 22.2 Å². The van der Waals surface area contributed by atoms with Gasteiger partial charge in [0, 0.05) is 22.9 Å². The highest BCUT2D eigenvalue weighted by atomic mass is 32.2. The first-order chi connectivity index (χ1) is 10.0. The van der Waals surface area contributed by atoms with E-state index < -0.39 is 12.0 Å². The maximum Gasteiger partial charge on any atom is 0.327 e. The first-order valence-electron chi connectivity index (χ1n) is 6.37. The maximum atomic E-state index is 11.1. The van der Waals surface area contributed by atoms with E-state index >= 15 is 0 Å². The number of amides is 1. The van der Waals surface area contributed by atoms with E-state index in [4.69, 9.17) is 5.11 Å². The van der Waals surface area contributed by atoms with Crippen LogP contribution in [0.5, 0.6) is 0 Å². The van der Waals surface area contributed by atoms with Gasteiger partial charge in [0.25, 0.3) is 0 Å². The molecule has 2 rings (SSSR count). The minimum Gasteiger partial charge on any atom is -0.480 e. The number of carboxylic acids is 1. The zero-order valence-corrected chi connectivity index (χ0v) is 13.3. The van der Waals surface area contributed by atoms with Gasteiger partial charge in [-0.05, 0) is 12.5 Å². The number of hydrogen-bond acceptors (Lipinski definition) is 6. The van der Waals surface area contributed by atoms with Crippen molar-refractivity contribution < 1.29 is 14.7 Å². The summed E-state index contributed by atoms with van der Waals surface area (Å²) in [5.41, 5.74) is 0. The van der Waals surface area contributed by atoms with Crippen LogP contribution in [0, 0.1) is 0 Å². The largest absolute Gasteiger partial charge is 0.480 e. The topological polar surface area (TPSA) is 92.2 Å². The number of aromatic nitrogens is 2. The van der Waals surface area contributed by atoms with Crippen LogP contribution in [0.3, 0.4) is 0 Å². The van der Waals surface area contributed by atoms with Gasteiger partial charge in [0.15, 0.2) is 0 Å². The number of fused-ring (bicyclic) bond motifs is 1. The normalized spacial score (nSPS) is 12.3. The quantitative estimate of drug-likeness (QED) is 0.623. The molecule has 0 aliphatic rings. The zero-order valence-electron chi connectivity index (χ0n) is 11.6. The standard InChI is InChI=1S/C13H15N3O3S2/c1-3-8-4-9-11(14-6-15-12(9)21-8)20-5-10(13(18)19)16-7(2)17/h4,6,10H,3,5H2,1-2H3,(H,16,17)(H,18,19)/t10-/m0/s1. The third-order valence-corrected chi connectivity index (χ3v) is 5.04. The summed E-state index contributed by atoms with van der Waals surface area (Å²) in [6, 6.07) is 1.11. The molecule has 1 amide bonds. The molecule has 21 heavy (non-hydrogen) atoms. The van der Waals surface area contributed by atoms with Crippen molar-refractivity contribution in [3.63, 3.8) is 0 Å². The Labute approximate surface area is 130 Å². The van der Waals surface area contributed by atoms with Crippen molar-refractivity contribution in [1.29, 1.82) is 0 Å². The van der Waals surface area contributed by atoms with Gasteiger partial charge in [0.05, 0.1) is 0 Å². The Balaban J connectivity index is 2.17. The average molecular weight is 325 g/mol. The summed E-state index contributed by atoms with van der Waals surface area (Å²) >= 11 is 2.92. The van der Waals surface area contributed by atoms with Gasteiger partial charge in [-0.3, -0.25) is 4.79 Å². The Morgan fingerprint density at radius 3 is 2.86 bits per heavy atom. The van der Waals surface area contributed by atoms with Crippen LogP contribution in [0.2, 0.25) is 0 Å². The lowest BCUT2D eigenvalue weighted by Crippen LogP contribution is -2.41. The van der Waals surface area contributed by atoms with E-state index in [0.717, 1.165) is 21.7 Å². The van der Waals surface area contributed by atoms with Crippen molar-refractivity contribution in [2.45, 2.75) is 31.3 Å². The Kier molecular flexibility index (Phi) is 5.13. The van der Waals surface area contributed by atoms with Crippen LogP contribution >= 0.6 is 23.1 Å². The van der Waals surface area contributed by atoms with Crippen LogP contribution in [0.15, 0.2) is 17.4 Å². The van der Waals surface area contributed by atoms with Crippen molar-refractivity contribution in [3.05, 3.63) is 17.3 Å². The SMILES string of the molecule is CCc1cc2c(SC[C@H](NC(C)=O)C(=O)O)ncnc2s1. The van der Waals surface area contributed by atoms with E-state index in [0.29, 0.717) is 0 Å². The number of thioether (sulfide) groups is 1. The van der Waals surface area contributed by atoms with Crippen LogP contribution in [0.4, 0.5) is 0 Å². The van der Waals surface area contributed by atoms with E-state index in [1.165, 1.54) is 29.9 Å². The lowest BCUT2D eigenvalue weighted by atomic mass is 10.3. The molecule has 112 valence electrons. The third-order valence-electron chi connectivity index (χ3n) is 2.75. The average Bonchev–Trinajstić information content (AvgIpc) is 2.86. The number of thiophene rings is 1. The van der Waals surface area contributed by atoms with E-state index in [1.54, 1.807) is 11.3 Å². The molecule has 2 aromatic heterocycles. The Bertz CT molecular complexity index is 672. The fourth-order valence-electron chi connectivity index (χ4n) is 1.76. The summed E-state index contributed by atoms with van der Waals surface area (Å²) in [6.45, 7) is 3.37. The van der Waals surface area contributed by atoms with Crippen LogP contribution in [-0.4, -0.2) is 38.7 Å². The van der Waals surface area contributed by atoms with Gasteiger partial charge in [-0.25, -0.2) is 14.8 Å². The van der Waals surface area contributed by atoms with E-state index in [-0.39, 0.29) is 11.7 Å². The van der Waals surface area contributed by atoms with Gasteiger partial charge in [-0.1, -0.05) is 6.92 Å². The number of nitrogens with one attached hydrogen (secondary N) is 1. The predicted molar refractivity (Wildman–Crippen MR) is 82.8 cm³/mol. The molecular formula is C13H15N3O3S2. The highest BCUT2D eigenvalue weighted by molar-refractivity contribution is 7.99. The second kappa shape index (κ2) is 6.86. The van der Waals surface area contributed by atoms with Crippen LogP contribution < -0.4 is 5.32 Å². The summed E-state index contributed by atoms with van der Waals surface area (Å²) in [7, 11) is 0. The number of hydrogen-bond donors (Lipinski definition) is 2. The molecule has 0 bridgehead atoms. The molecule has 6 nitrogen and oxygen atoms in total. The van der Waals surface area contributed by atoms with Gasteiger partial charge in [-0.2, -0.15) is 0 Å². The molecule has 2 aromatic rings. The molecule has 0 spiro atoms. The minimum atomic E-state index is -1.05. The first-order valence-corrected chi connectivity index (χ1v) is 8.17. The highest BCUT2D eigenvalue weighted by Gasteiger charge is 2.19. The molecule has 2 N–H and O–H groups in total. The van der Waals surface area contributed by atoms with Gasteiger partial charge in [-0.15, -0.1) is 23.1 Å². The Morgan fingerprint density at radius 1 is 1.48 bits per heavy atom. The number of carbonyl (C=O) groups is 2. The third kappa shape index (κ3) is 3.92. The zero-order chi connectivity index (χ0) is 15.4. The molecule has 8 heteroatoms. The van der Waals surface area contributed by atoms with Crippen LogP contribution in [0.1, 0.15) is 18.7 Å². The van der Waals surface area contributed by atoms with Gasteiger partial charge >= 0.3 is 5.97 Å². The minimum absolute atomic E-state index is 0.221. The monoisotopic (exact) mass is 325 g/mol. The van der Waals surface area contributed by atoms with Crippen molar-refractivity contribution in [3.8, 4) is 0 Å². The second-order valence-corrected chi connectivity index (χ2v) is 6.49. The number of nitrogens with zero attached hydrogens (tertiary/aromatic N) is 2. The molecule has 0 aromatic carbocycles. The first kappa shape index (κ1) is 15.7. The molecule has 0 fully saturated rings. The molecule has 0 aliphatic heterocycles. The fourth-order valence-corrected chi connectivity index (χ4v) is 3.74. The van der Waals surface area contributed by atoms with Crippen LogP contribution in [-0.2, 0) is 16.0 Å². The molecule has 0 aliphatic carbocycles. The lowest BCUT2D eigenvalue weighted by molar-refractivity contribution is -0.140. The van der Waals surface area contributed by atoms with Crippen molar-refractivity contribution in [1.82, 2.24) is 15.3 Å². The fraction of sp³-hybridized carbons (Fsp3) is 0.385. The molecule has 2 heterocycles. The van der Waals surface area contributed by atoms with Gasteiger partial charge < -0.3 is 10.4 Å². The number of aryl methyl sites for hydroxylation is 1. The summed E-state index contributed by atoms with van der Waals surface area (Å²) in [5, 5.41) is 13.2. The van der Waals surface area contributed by atoms with Crippen molar-refractivity contribution >= 4 is 45.2 Å². The Hall–Kier alpha value is -1.67. The lowest BCUT2D eigenvalue weighted by Gasteiger charge is -2.12. The van der Waals surface area contributed by atoms with Crippen molar-refractivity contribution in [2.75, 3.05) is 5.75 Å². The second-order valence-electron chi connectivity index (χ2n) is 4.37. The van der Waals surface area contributed by atoms with Crippen molar-refractivity contribution in [2.24, 2.45) is 0 Å². The summed E-state index contributed by atoms with van der Waals surface area (Å²) in [4.78, 5) is 32.7. The summed E-state index contributed by atoms with van der Waals surface area (Å²) < 4.78 is 0. The number of carboxylic acid groups (broad SMARTS) is 1. The maximum absolute atomic E-state index is 11.1. The molecule has 0 saturated carbocycles. The van der Waals surface area contributed by atoms with E-state index in [1.807, 2.05) is 6.07 Å². The smallest absolute Gasteiger partial charge is 0.327 e. The Morgan fingerprint density at radius 2 is 2.24 bits per heavy atom. The summed E-state index contributed by atoms with van der Waals surface area (Å²) in [6.07, 6.45) is 2.41. The van der Waals surface area contributed by atoms with E-state index in [9.17, 15) is 9.59 Å².